The van der Waals surface area contributed by atoms with Gasteiger partial charge < -0.3 is 9.84 Å². The minimum Gasteiger partial charge on any atom is -0.489 e. The monoisotopic (exact) mass is 281 g/mol. The molecule has 0 unspecified atom stereocenters. The third-order valence-electron chi connectivity index (χ3n) is 3.14. The first-order valence-corrected chi connectivity index (χ1v) is 6.51. The zero-order valence-corrected chi connectivity index (χ0v) is 11.7. The van der Waals surface area contributed by atoms with E-state index in [0.29, 0.717) is 17.9 Å². The number of hydrogen-bond donors (Lipinski definition) is 1. The van der Waals surface area contributed by atoms with Crippen molar-refractivity contribution in [2.45, 2.75) is 20.0 Å². The summed E-state index contributed by atoms with van der Waals surface area (Å²) in [6.45, 7) is 2.35. The Labute approximate surface area is 123 Å². The maximum absolute atomic E-state index is 10.6. The molecule has 1 N–H and O–H groups in total. The van der Waals surface area contributed by atoms with E-state index in [4.69, 9.17) is 15.1 Å². The van der Waals surface area contributed by atoms with Gasteiger partial charge in [0.1, 0.15) is 12.4 Å². The van der Waals surface area contributed by atoms with Gasteiger partial charge in [0.25, 0.3) is 0 Å². The van der Waals surface area contributed by atoms with E-state index in [1.165, 1.54) is 0 Å². The fourth-order valence-electron chi connectivity index (χ4n) is 1.97. The molecule has 0 spiro atoms. The Hall–Kier alpha value is -2.80. The molecule has 0 aliphatic carbocycles. The zero-order valence-electron chi connectivity index (χ0n) is 11.7. The van der Waals surface area contributed by atoms with E-state index in [2.05, 4.69) is 6.07 Å². The number of benzene rings is 2. The summed E-state index contributed by atoms with van der Waals surface area (Å²) in [5, 5.41) is 17.5. The van der Waals surface area contributed by atoms with Gasteiger partial charge in [0, 0.05) is 0 Å². The lowest BCUT2D eigenvalue weighted by molar-refractivity contribution is -0.136. The van der Waals surface area contributed by atoms with Crippen LogP contribution in [0.4, 0.5) is 0 Å². The normalized spacial score (nSPS) is 9.90. The van der Waals surface area contributed by atoms with Gasteiger partial charge in [-0.1, -0.05) is 18.2 Å². The number of ether oxygens (including phenoxy) is 1. The maximum Gasteiger partial charge on any atom is 0.307 e. The number of rotatable bonds is 5. The number of aliphatic carboxylic acids is 1. The Morgan fingerprint density at radius 2 is 1.95 bits per heavy atom. The van der Waals surface area contributed by atoms with Crippen molar-refractivity contribution >= 4 is 5.97 Å². The number of hydrogen-bond acceptors (Lipinski definition) is 3. The largest absolute Gasteiger partial charge is 0.489 e. The lowest BCUT2D eigenvalue weighted by Crippen LogP contribution is -2.01. The lowest BCUT2D eigenvalue weighted by Gasteiger charge is -2.09. The Bertz CT molecular complexity index is 684. The Morgan fingerprint density at radius 1 is 1.24 bits per heavy atom. The highest BCUT2D eigenvalue weighted by Crippen LogP contribution is 2.17. The highest BCUT2D eigenvalue weighted by atomic mass is 16.5. The molecule has 0 bridgehead atoms. The van der Waals surface area contributed by atoms with Crippen LogP contribution in [0.15, 0.2) is 42.5 Å². The number of nitriles is 1. The van der Waals surface area contributed by atoms with Gasteiger partial charge in [-0.2, -0.15) is 5.26 Å². The molecule has 0 aromatic heterocycles. The molecule has 21 heavy (non-hydrogen) atoms. The molecule has 2 rings (SSSR count). The van der Waals surface area contributed by atoms with E-state index in [1.807, 2.05) is 19.1 Å². The number of carbonyl (C=O) groups is 1. The quantitative estimate of drug-likeness (QED) is 0.914. The molecular weight excluding hydrogens is 266 g/mol. The molecule has 0 aliphatic heterocycles. The van der Waals surface area contributed by atoms with Gasteiger partial charge in [-0.15, -0.1) is 0 Å². The van der Waals surface area contributed by atoms with Gasteiger partial charge in [0.05, 0.1) is 18.1 Å². The van der Waals surface area contributed by atoms with E-state index < -0.39 is 5.97 Å². The van der Waals surface area contributed by atoms with E-state index >= 15 is 0 Å². The van der Waals surface area contributed by atoms with E-state index in [9.17, 15) is 4.79 Å². The van der Waals surface area contributed by atoms with E-state index in [0.717, 1.165) is 16.7 Å². The van der Waals surface area contributed by atoms with Gasteiger partial charge in [-0.05, 0) is 47.9 Å². The van der Waals surface area contributed by atoms with Crippen molar-refractivity contribution < 1.29 is 14.6 Å². The fraction of sp³-hybridized carbons (Fsp3) is 0.176. The van der Waals surface area contributed by atoms with Crippen molar-refractivity contribution in [1.29, 1.82) is 5.26 Å². The first-order chi connectivity index (χ1) is 10.1. The second-order valence-electron chi connectivity index (χ2n) is 4.76. The summed E-state index contributed by atoms with van der Waals surface area (Å²) in [5.74, 6) is -0.162. The fourth-order valence-corrected chi connectivity index (χ4v) is 1.97. The van der Waals surface area contributed by atoms with Crippen LogP contribution in [0.25, 0.3) is 0 Å². The first-order valence-electron chi connectivity index (χ1n) is 6.51. The van der Waals surface area contributed by atoms with Crippen LogP contribution in [0, 0.1) is 18.3 Å². The van der Waals surface area contributed by atoms with Crippen molar-refractivity contribution in [2.75, 3.05) is 0 Å². The molecule has 2 aromatic carbocycles. The molecule has 0 atom stereocenters. The summed E-state index contributed by atoms with van der Waals surface area (Å²) in [7, 11) is 0. The standard InChI is InChI=1S/C17H15NO3/c1-12-8-14(10-18)2-5-15(12)11-21-16-6-3-13(4-7-16)9-17(19)20/h2-8H,9,11H2,1H3,(H,19,20). The molecule has 4 heteroatoms. The first kappa shape index (κ1) is 14.6. The molecular formula is C17H15NO3. The lowest BCUT2D eigenvalue weighted by atomic mass is 10.1. The minimum atomic E-state index is -0.850. The summed E-state index contributed by atoms with van der Waals surface area (Å²) in [5.41, 5.74) is 3.40. The summed E-state index contributed by atoms with van der Waals surface area (Å²) >= 11 is 0. The topological polar surface area (TPSA) is 70.3 Å². The predicted molar refractivity (Wildman–Crippen MR) is 78.0 cm³/mol. The van der Waals surface area contributed by atoms with Crippen molar-refractivity contribution in [2.24, 2.45) is 0 Å². The Morgan fingerprint density at radius 3 is 2.52 bits per heavy atom. The highest BCUT2D eigenvalue weighted by Gasteiger charge is 2.03. The molecule has 0 amide bonds. The van der Waals surface area contributed by atoms with Gasteiger partial charge in [0.2, 0.25) is 0 Å². The minimum absolute atomic E-state index is 0.00894. The summed E-state index contributed by atoms with van der Waals surface area (Å²) in [4.78, 5) is 10.6. The second kappa shape index (κ2) is 6.58. The van der Waals surface area contributed by atoms with Gasteiger partial charge in [0.15, 0.2) is 0 Å². The molecule has 0 aliphatic rings. The van der Waals surface area contributed by atoms with E-state index in [1.54, 1.807) is 30.3 Å². The zero-order chi connectivity index (χ0) is 15.2. The van der Waals surface area contributed by atoms with E-state index in [-0.39, 0.29) is 6.42 Å². The number of carboxylic acids is 1. The van der Waals surface area contributed by atoms with Crippen LogP contribution in [-0.2, 0) is 17.8 Å². The number of nitrogens with zero attached hydrogens (tertiary/aromatic N) is 1. The Kier molecular flexibility index (Phi) is 4.57. The molecule has 4 nitrogen and oxygen atoms in total. The Balaban J connectivity index is 2.00. The highest BCUT2D eigenvalue weighted by molar-refractivity contribution is 5.70. The van der Waals surface area contributed by atoms with Crippen molar-refractivity contribution in [3.63, 3.8) is 0 Å². The maximum atomic E-state index is 10.6. The van der Waals surface area contributed by atoms with Crippen molar-refractivity contribution in [1.82, 2.24) is 0 Å². The van der Waals surface area contributed by atoms with Crippen LogP contribution in [0.1, 0.15) is 22.3 Å². The smallest absolute Gasteiger partial charge is 0.307 e. The number of carboxylic acid groups (broad SMARTS) is 1. The van der Waals surface area contributed by atoms with Crippen LogP contribution in [0.2, 0.25) is 0 Å². The van der Waals surface area contributed by atoms with Crippen LogP contribution in [0.3, 0.4) is 0 Å². The molecule has 0 heterocycles. The van der Waals surface area contributed by atoms with Crippen LogP contribution >= 0.6 is 0 Å². The summed E-state index contributed by atoms with van der Waals surface area (Å²) in [6, 6.07) is 14.6. The van der Waals surface area contributed by atoms with Crippen LogP contribution < -0.4 is 4.74 Å². The second-order valence-corrected chi connectivity index (χ2v) is 4.76. The SMILES string of the molecule is Cc1cc(C#N)ccc1COc1ccc(CC(=O)O)cc1. The average Bonchev–Trinajstić information content (AvgIpc) is 2.47. The molecule has 2 aromatic rings. The third-order valence-corrected chi connectivity index (χ3v) is 3.14. The van der Waals surface area contributed by atoms with Crippen molar-refractivity contribution in [3.8, 4) is 11.8 Å². The molecule has 0 fully saturated rings. The number of aryl methyl sites for hydroxylation is 1. The van der Waals surface area contributed by atoms with Crippen LogP contribution in [-0.4, -0.2) is 11.1 Å². The summed E-state index contributed by atoms with van der Waals surface area (Å²) in [6.07, 6.45) is 0.00894. The van der Waals surface area contributed by atoms with Gasteiger partial charge in [-0.25, -0.2) is 0 Å². The molecule has 0 radical (unpaired) electrons. The van der Waals surface area contributed by atoms with Crippen molar-refractivity contribution in [3.05, 3.63) is 64.7 Å². The predicted octanol–water partition coefficient (Wildman–Crippen LogP) is 3.07. The molecule has 0 saturated heterocycles. The average molecular weight is 281 g/mol. The van der Waals surface area contributed by atoms with Gasteiger partial charge >= 0.3 is 5.97 Å². The van der Waals surface area contributed by atoms with Crippen LogP contribution in [0.5, 0.6) is 5.75 Å². The molecule has 0 saturated carbocycles. The van der Waals surface area contributed by atoms with Gasteiger partial charge in [-0.3, -0.25) is 4.79 Å². The molecule has 106 valence electrons. The third kappa shape index (κ3) is 4.08. The summed E-state index contributed by atoms with van der Waals surface area (Å²) < 4.78 is 5.68.